The molecule has 1 heterocycles. The van der Waals surface area contributed by atoms with Crippen LogP contribution in [-0.2, 0) is 36.5 Å². The van der Waals surface area contributed by atoms with E-state index in [1.54, 1.807) is 6.07 Å². The van der Waals surface area contributed by atoms with E-state index in [1.807, 2.05) is 6.07 Å². The second-order valence-electron chi connectivity index (χ2n) is 9.15. The molecule has 194 valence electrons. The SMILES string of the molecule is CC(=O)N(Cc1cc(C(F)(F)F)cc(C(F)(F)F)c1)[C@H]1CCCN(C(=O)O)c2c1ccc1c2CCC1. The number of fused-ring (bicyclic) bond motifs is 3. The van der Waals surface area contributed by atoms with Crippen molar-refractivity contribution in [2.75, 3.05) is 11.4 Å². The number of benzene rings is 2. The molecule has 0 bridgehead atoms. The summed E-state index contributed by atoms with van der Waals surface area (Å²) in [4.78, 5) is 27.3. The fourth-order valence-corrected chi connectivity index (χ4v) is 5.23. The van der Waals surface area contributed by atoms with E-state index in [0.29, 0.717) is 42.6 Å². The van der Waals surface area contributed by atoms with Gasteiger partial charge >= 0.3 is 18.4 Å². The topological polar surface area (TPSA) is 60.9 Å². The molecule has 2 aromatic rings. The molecule has 1 aliphatic carbocycles. The minimum atomic E-state index is -5.01. The number of nitrogens with zero attached hydrogens (tertiary/aromatic N) is 2. The number of halogens is 6. The maximum Gasteiger partial charge on any atom is 0.416 e. The Bertz CT molecular complexity index is 1160. The van der Waals surface area contributed by atoms with Crippen LogP contribution in [0.15, 0.2) is 30.3 Å². The zero-order valence-corrected chi connectivity index (χ0v) is 19.3. The predicted molar refractivity (Wildman–Crippen MR) is 118 cm³/mol. The average Bonchev–Trinajstić information content (AvgIpc) is 3.17. The lowest BCUT2D eigenvalue weighted by atomic mass is 9.94. The number of carbonyl (C=O) groups is 2. The highest BCUT2D eigenvalue weighted by Gasteiger charge is 2.38. The van der Waals surface area contributed by atoms with Gasteiger partial charge in [0.1, 0.15) is 0 Å². The molecule has 1 aliphatic heterocycles. The summed E-state index contributed by atoms with van der Waals surface area (Å²) in [5, 5.41) is 9.86. The number of amides is 2. The average molecular weight is 514 g/mol. The molecule has 0 spiro atoms. The first-order valence-corrected chi connectivity index (χ1v) is 11.5. The molecule has 1 N–H and O–H groups in total. The number of carbonyl (C=O) groups excluding carboxylic acids is 1. The lowest BCUT2D eigenvalue weighted by molar-refractivity contribution is -0.143. The van der Waals surface area contributed by atoms with E-state index >= 15 is 0 Å². The van der Waals surface area contributed by atoms with Crippen LogP contribution >= 0.6 is 0 Å². The largest absolute Gasteiger partial charge is 0.465 e. The number of alkyl halides is 6. The highest BCUT2D eigenvalue weighted by Crippen LogP contribution is 2.44. The molecule has 36 heavy (non-hydrogen) atoms. The zero-order chi connectivity index (χ0) is 26.4. The predicted octanol–water partition coefficient (Wildman–Crippen LogP) is 6.58. The third-order valence-corrected chi connectivity index (χ3v) is 6.78. The van der Waals surface area contributed by atoms with Crippen molar-refractivity contribution in [1.29, 1.82) is 0 Å². The van der Waals surface area contributed by atoms with Gasteiger partial charge in [0, 0.05) is 20.0 Å². The first kappa shape index (κ1) is 25.8. The molecule has 0 radical (unpaired) electrons. The van der Waals surface area contributed by atoms with Crippen molar-refractivity contribution in [2.45, 2.75) is 64.0 Å². The van der Waals surface area contributed by atoms with Gasteiger partial charge in [0.25, 0.3) is 0 Å². The van der Waals surface area contributed by atoms with Gasteiger partial charge in [0.15, 0.2) is 0 Å². The fourth-order valence-electron chi connectivity index (χ4n) is 5.23. The molecule has 5 nitrogen and oxygen atoms in total. The van der Waals surface area contributed by atoms with Crippen LogP contribution in [0.25, 0.3) is 0 Å². The molecular formula is C25H24F6N2O3. The molecule has 1 atom stereocenters. The Kier molecular flexibility index (Phi) is 6.70. The summed E-state index contributed by atoms with van der Waals surface area (Å²) in [6, 6.07) is 4.18. The summed E-state index contributed by atoms with van der Waals surface area (Å²) in [6.45, 7) is 0.880. The van der Waals surface area contributed by atoms with Gasteiger partial charge in [-0.2, -0.15) is 26.3 Å². The van der Waals surface area contributed by atoms with Gasteiger partial charge in [-0.15, -0.1) is 0 Å². The molecule has 4 rings (SSSR count). The Hall–Kier alpha value is -3.24. The molecule has 0 unspecified atom stereocenters. The van der Waals surface area contributed by atoms with Gasteiger partial charge < -0.3 is 10.0 Å². The van der Waals surface area contributed by atoms with Crippen LogP contribution in [0.1, 0.15) is 65.6 Å². The molecule has 0 fully saturated rings. The first-order valence-electron chi connectivity index (χ1n) is 11.5. The van der Waals surface area contributed by atoms with Gasteiger partial charge in [0.2, 0.25) is 5.91 Å². The van der Waals surface area contributed by atoms with E-state index in [9.17, 15) is 41.0 Å². The number of hydrogen-bond acceptors (Lipinski definition) is 2. The van der Waals surface area contributed by atoms with Crippen LogP contribution in [0.5, 0.6) is 0 Å². The maximum atomic E-state index is 13.4. The van der Waals surface area contributed by atoms with E-state index in [-0.39, 0.29) is 18.2 Å². The van der Waals surface area contributed by atoms with Crippen molar-refractivity contribution >= 4 is 17.7 Å². The molecule has 2 aliphatic rings. The van der Waals surface area contributed by atoms with Crippen LogP contribution in [0, 0.1) is 0 Å². The Labute approximate surface area is 203 Å². The molecule has 2 amide bonds. The normalized spacial score (nSPS) is 17.9. The minimum absolute atomic E-state index is 0.0522. The van der Waals surface area contributed by atoms with E-state index in [2.05, 4.69) is 0 Å². The fraction of sp³-hybridized carbons (Fsp3) is 0.440. The number of hydrogen-bond donors (Lipinski definition) is 1. The Balaban J connectivity index is 1.81. The second kappa shape index (κ2) is 9.33. The highest BCUT2D eigenvalue weighted by molar-refractivity contribution is 5.90. The molecule has 0 saturated carbocycles. The third kappa shape index (κ3) is 5.01. The standard InChI is InChI=1S/C25H24F6N2O3/c1-14(34)33(13-15-10-17(24(26,27)28)12-18(11-15)25(29,30)31)21-6-3-9-32(23(35)36)22-19-5-2-4-16(19)7-8-20(21)22/h7-8,10-12,21H,2-6,9,13H2,1H3,(H,35,36)/t21-/m0/s1. The van der Waals surface area contributed by atoms with Crippen LogP contribution in [-0.4, -0.2) is 28.6 Å². The third-order valence-electron chi connectivity index (χ3n) is 6.78. The highest BCUT2D eigenvalue weighted by atomic mass is 19.4. The first-order chi connectivity index (χ1) is 16.8. The number of rotatable bonds is 3. The summed E-state index contributed by atoms with van der Waals surface area (Å²) >= 11 is 0. The molecule has 2 aromatic carbocycles. The number of carboxylic acid groups (broad SMARTS) is 1. The summed E-state index contributed by atoms with van der Waals surface area (Å²) in [5.41, 5.74) is -0.333. The Morgan fingerprint density at radius 3 is 2.19 bits per heavy atom. The van der Waals surface area contributed by atoms with Crippen LogP contribution in [0.4, 0.5) is 36.8 Å². The number of anilines is 1. The summed E-state index contributed by atoms with van der Waals surface area (Å²) in [6.07, 6.45) is -8.23. The molecular weight excluding hydrogens is 490 g/mol. The van der Waals surface area contributed by atoms with Gasteiger partial charge in [0.05, 0.1) is 22.9 Å². The molecule has 11 heteroatoms. The van der Waals surface area contributed by atoms with Crippen molar-refractivity contribution in [1.82, 2.24) is 4.90 Å². The van der Waals surface area contributed by atoms with Gasteiger partial charge in [-0.05, 0) is 72.6 Å². The van der Waals surface area contributed by atoms with Crippen molar-refractivity contribution in [3.63, 3.8) is 0 Å². The molecule has 0 aromatic heterocycles. The van der Waals surface area contributed by atoms with Crippen LogP contribution in [0.3, 0.4) is 0 Å². The van der Waals surface area contributed by atoms with E-state index < -0.39 is 48.1 Å². The Morgan fingerprint density at radius 1 is 1.00 bits per heavy atom. The van der Waals surface area contributed by atoms with Crippen LogP contribution < -0.4 is 4.90 Å². The van der Waals surface area contributed by atoms with Crippen molar-refractivity contribution in [3.8, 4) is 0 Å². The van der Waals surface area contributed by atoms with Crippen molar-refractivity contribution in [3.05, 3.63) is 63.7 Å². The quantitative estimate of drug-likeness (QED) is 0.471. The van der Waals surface area contributed by atoms with Gasteiger partial charge in [-0.1, -0.05) is 12.1 Å². The molecule has 0 saturated heterocycles. The summed E-state index contributed by atoms with van der Waals surface area (Å²) < 4.78 is 80.2. The van der Waals surface area contributed by atoms with Gasteiger partial charge in [-0.25, -0.2) is 4.79 Å². The Morgan fingerprint density at radius 2 is 1.64 bits per heavy atom. The second-order valence-corrected chi connectivity index (χ2v) is 9.15. The summed E-state index contributed by atoms with van der Waals surface area (Å²) in [5.74, 6) is -0.541. The minimum Gasteiger partial charge on any atom is -0.465 e. The summed E-state index contributed by atoms with van der Waals surface area (Å²) in [7, 11) is 0. The van der Waals surface area contributed by atoms with Crippen molar-refractivity contribution in [2.24, 2.45) is 0 Å². The van der Waals surface area contributed by atoms with E-state index in [4.69, 9.17) is 0 Å². The van der Waals surface area contributed by atoms with Crippen LogP contribution in [0.2, 0.25) is 0 Å². The van der Waals surface area contributed by atoms with Gasteiger partial charge in [-0.3, -0.25) is 9.69 Å². The maximum absolute atomic E-state index is 13.4. The number of aryl methyl sites for hydroxylation is 1. The lowest BCUT2D eigenvalue weighted by Gasteiger charge is -2.33. The van der Waals surface area contributed by atoms with Crippen molar-refractivity contribution < 1.29 is 41.0 Å². The van der Waals surface area contributed by atoms with E-state index in [1.165, 1.54) is 16.7 Å². The smallest absolute Gasteiger partial charge is 0.416 e. The monoisotopic (exact) mass is 514 g/mol. The lowest BCUT2D eigenvalue weighted by Crippen LogP contribution is -2.34. The zero-order valence-electron chi connectivity index (χ0n) is 19.3. The van der Waals surface area contributed by atoms with E-state index in [0.717, 1.165) is 24.0 Å².